The van der Waals surface area contributed by atoms with Crippen LogP contribution in [0.2, 0.25) is 0 Å². The van der Waals surface area contributed by atoms with Crippen molar-refractivity contribution in [1.82, 2.24) is 5.32 Å². The summed E-state index contributed by atoms with van der Waals surface area (Å²) in [6, 6.07) is 15.1. The number of furan rings is 1. The van der Waals surface area contributed by atoms with Gasteiger partial charge in [0.15, 0.2) is 0 Å². The van der Waals surface area contributed by atoms with Crippen LogP contribution in [0.15, 0.2) is 64.6 Å². The number of carbonyl (C=O) groups is 2. The quantitative estimate of drug-likeness (QED) is 0.726. The summed E-state index contributed by atoms with van der Waals surface area (Å²) in [4.78, 5) is 28.5. The minimum atomic E-state index is -0.438. The molecule has 1 N–H and O–H groups in total. The van der Waals surface area contributed by atoms with Crippen LogP contribution in [0.3, 0.4) is 0 Å². The number of anilines is 1. The van der Waals surface area contributed by atoms with Crippen LogP contribution >= 0.6 is 11.3 Å². The van der Waals surface area contributed by atoms with Crippen LogP contribution in [-0.4, -0.2) is 11.8 Å². The molecule has 6 heteroatoms. The van der Waals surface area contributed by atoms with Gasteiger partial charge in [-0.2, -0.15) is 0 Å². The number of nitrogens with one attached hydrogen (secondary N) is 1. The second-order valence-corrected chi connectivity index (χ2v) is 7.65. The van der Waals surface area contributed by atoms with Crippen LogP contribution in [-0.2, 0) is 16.1 Å². The summed E-state index contributed by atoms with van der Waals surface area (Å²) in [5, 5.41) is 4.89. The van der Waals surface area contributed by atoms with E-state index in [0.717, 1.165) is 16.1 Å². The van der Waals surface area contributed by atoms with Crippen LogP contribution in [0.1, 0.15) is 28.7 Å². The van der Waals surface area contributed by atoms with Gasteiger partial charge in [0.1, 0.15) is 5.76 Å². The maximum absolute atomic E-state index is 12.9. The van der Waals surface area contributed by atoms with Crippen LogP contribution < -0.4 is 10.2 Å². The fourth-order valence-corrected chi connectivity index (χ4v) is 4.36. The number of hydrogen-bond donors (Lipinski definition) is 1. The molecule has 138 valence electrons. The molecule has 1 aliphatic heterocycles. The zero-order chi connectivity index (χ0) is 18.8. The number of rotatable bonds is 5. The lowest BCUT2D eigenvalue weighted by molar-refractivity contribution is -0.127. The second-order valence-electron chi connectivity index (χ2n) is 6.67. The summed E-state index contributed by atoms with van der Waals surface area (Å²) in [6.07, 6.45) is 1.77. The molecule has 0 radical (unpaired) electrons. The van der Waals surface area contributed by atoms with Crippen molar-refractivity contribution in [3.63, 3.8) is 0 Å². The van der Waals surface area contributed by atoms with Gasteiger partial charge in [0.25, 0.3) is 0 Å². The first-order valence-corrected chi connectivity index (χ1v) is 9.73. The smallest absolute Gasteiger partial charge is 0.228 e. The van der Waals surface area contributed by atoms with Gasteiger partial charge >= 0.3 is 0 Å². The third kappa shape index (κ3) is 3.53. The van der Waals surface area contributed by atoms with Gasteiger partial charge in [-0.1, -0.05) is 23.8 Å². The van der Waals surface area contributed by atoms with Gasteiger partial charge < -0.3 is 14.6 Å². The molecule has 0 bridgehead atoms. The van der Waals surface area contributed by atoms with Crippen molar-refractivity contribution < 1.29 is 14.0 Å². The molecule has 0 aliphatic carbocycles. The lowest BCUT2D eigenvalue weighted by Crippen LogP contribution is -2.35. The molecule has 2 amide bonds. The molecule has 2 unspecified atom stereocenters. The predicted octanol–water partition coefficient (Wildman–Crippen LogP) is 4.06. The van der Waals surface area contributed by atoms with E-state index in [2.05, 4.69) is 5.32 Å². The number of benzene rings is 1. The van der Waals surface area contributed by atoms with E-state index in [1.807, 2.05) is 54.8 Å². The Morgan fingerprint density at radius 1 is 1.22 bits per heavy atom. The number of thiophene rings is 1. The summed E-state index contributed by atoms with van der Waals surface area (Å²) in [5.41, 5.74) is 1.95. The summed E-state index contributed by atoms with van der Waals surface area (Å²) < 4.78 is 5.28. The van der Waals surface area contributed by atoms with Crippen molar-refractivity contribution in [2.24, 2.45) is 5.92 Å². The van der Waals surface area contributed by atoms with Crippen LogP contribution in [0.25, 0.3) is 0 Å². The number of carbonyl (C=O) groups excluding carboxylic acids is 2. The van der Waals surface area contributed by atoms with Crippen molar-refractivity contribution >= 4 is 28.8 Å². The standard InChI is InChI=1S/C21H20N2O3S/c1-14-6-8-15(9-7-14)23-19(24)12-17(20(23)18-5-3-11-27-18)21(25)22-13-16-4-2-10-26-16/h2-11,17,20H,12-13H2,1H3,(H,22,25). The molecular weight excluding hydrogens is 360 g/mol. The molecule has 4 rings (SSSR count). The van der Waals surface area contributed by atoms with Crippen LogP contribution in [0.4, 0.5) is 5.69 Å². The predicted molar refractivity (Wildman–Crippen MR) is 104 cm³/mol. The van der Waals surface area contributed by atoms with Crippen molar-refractivity contribution in [2.45, 2.75) is 25.9 Å². The Balaban J connectivity index is 1.62. The van der Waals surface area contributed by atoms with E-state index in [4.69, 9.17) is 4.42 Å². The molecule has 2 atom stereocenters. The Morgan fingerprint density at radius 2 is 2.04 bits per heavy atom. The molecule has 0 saturated carbocycles. The highest BCUT2D eigenvalue weighted by Crippen LogP contribution is 2.43. The third-order valence-corrected chi connectivity index (χ3v) is 5.77. The van der Waals surface area contributed by atoms with Crippen molar-refractivity contribution in [3.8, 4) is 0 Å². The highest BCUT2D eigenvalue weighted by Gasteiger charge is 2.45. The monoisotopic (exact) mass is 380 g/mol. The number of nitrogens with zero attached hydrogens (tertiary/aromatic N) is 1. The molecule has 1 saturated heterocycles. The molecule has 0 spiro atoms. The highest BCUT2D eigenvalue weighted by molar-refractivity contribution is 7.10. The van der Waals surface area contributed by atoms with E-state index < -0.39 is 5.92 Å². The maximum atomic E-state index is 12.9. The molecular formula is C21H20N2O3S. The molecule has 1 aromatic carbocycles. The van der Waals surface area contributed by atoms with Gasteiger partial charge in [0.2, 0.25) is 11.8 Å². The fraction of sp³-hybridized carbons (Fsp3) is 0.238. The third-order valence-electron chi connectivity index (χ3n) is 4.82. The zero-order valence-corrected chi connectivity index (χ0v) is 15.7. The van der Waals surface area contributed by atoms with Gasteiger partial charge in [0.05, 0.1) is 24.8 Å². The Hall–Kier alpha value is -2.86. The topological polar surface area (TPSA) is 62.6 Å². The molecule has 5 nitrogen and oxygen atoms in total. The maximum Gasteiger partial charge on any atom is 0.228 e. The number of aryl methyl sites for hydroxylation is 1. The van der Waals surface area contributed by atoms with Crippen molar-refractivity contribution in [1.29, 1.82) is 0 Å². The first-order valence-electron chi connectivity index (χ1n) is 8.85. The SMILES string of the molecule is Cc1ccc(N2C(=O)CC(C(=O)NCc3ccco3)C2c2cccs2)cc1. The lowest BCUT2D eigenvalue weighted by atomic mass is 9.97. The summed E-state index contributed by atoms with van der Waals surface area (Å²) >= 11 is 1.57. The van der Waals surface area contributed by atoms with E-state index in [1.165, 1.54) is 0 Å². The second kappa shape index (κ2) is 7.40. The first kappa shape index (κ1) is 17.5. The van der Waals surface area contributed by atoms with E-state index in [9.17, 15) is 9.59 Å². The Bertz CT molecular complexity index is 917. The van der Waals surface area contributed by atoms with Crippen molar-refractivity contribution in [2.75, 3.05) is 4.90 Å². The average molecular weight is 380 g/mol. The molecule has 1 aliphatic rings. The molecule has 27 heavy (non-hydrogen) atoms. The van der Waals surface area contributed by atoms with Crippen LogP contribution in [0, 0.1) is 12.8 Å². The largest absolute Gasteiger partial charge is 0.467 e. The number of hydrogen-bond acceptors (Lipinski definition) is 4. The Morgan fingerprint density at radius 3 is 2.70 bits per heavy atom. The summed E-state index contributed by atoms with van der Waals surface area (Å²) in [6.45, 7) is 2.33. The first-order chi connectivity index (χ1) is 13.1. The summed E-state index contributed by atoms with van der Waals surface area (Å²) in [7, 11) is 0. The van der Waals surface area contributed by atoms with Crippen LogP contribution in [0.5, 0.6) is 0 Å². The minimum Gasteiger partial charge on any atom is -0.467 e. The van der Waals surface area contributed by atoms with E-state index in [0.29, 0.717) is 12.3 Å². The summed E-state index contributed by atoms with van der Waals surface area (Å²) in [5.74, 6) is 0.0892. The van der Waals surface area contributed by atoms with E-state index in [-0.39, 0.29) is 24.3 Å². The fourth-order valence-electron chi connectivity index (χ4n) is 3.48. The highest BCUT2D eigenvalue weighted by atomic mass is 32.1. The number of amides is 2. The lowest BCUT2D eigenvalue weighted by Gasteiger charge is -2.27. The molecule has 3 aromatic rings. The minimum absolute atomic E-state index is 0.0320. The van der Waals surface area contributed by atoms with E-state index in [1.54, 1.807) is 28.6 Å². The molecule has 2 aromatic heterocycles. The van der Waals surface area contributed by atoms with Crippen molar-refractivity contribution in [3.05, 3.63) is 76.4 Å². The van der Waals surface area contributed by atoms with Gasteiger partial charge in [-0.05, 0) is 42.6 Å². The van der Waals surface area contributed by atoms with Gasteiger partial charge in [-0.25, -0.2) is 0 Å². The molecule has 1 fully saturated rings. The van der Waals surface area contributed by atoms with Gasteiger partial charge in [-0.15, -0.1) is 11.3 Å². The average Bonchev–Trinajstić information content (AvgIpc) is 3.41. The zero-order valence-electron chi connectivity index (χ0n) is 14.9. The van der Waals surface area contributed by atoms with Gasteiger partial charge in [-0.3, -0.25) is 9.59 Å². The Kier molecular flexibility index (Phi) is 4.81. The van der Waals surface area contributed by atoms with Gasteiger partial charge in [0, 0.05) is 17.0 Å². The Labute approximate surface area is 161 Å². The normalized spacial score (nSPS) is 19.4. The molecule has 3 heterocycles. The van der Waals surface area contributed by atoms with E-state index >= 15 is 0 Å².